The Balaban J connectivity index is 1.95. The molecule has 1 aromatic carbocycles. The van der Waals surface area contributed by atoms with E-state index in [9.17, 15) is 19.2 Å². The number of likely N-dealkylation sites (N-methyl/N-ethyl adjacent to an activating group) is 1. The zero-order chi connectivity index (χ0) is 18.9. The van der Waals surface area contributed by atoms with Gasteiger partial charge in [-0.25, -0.2) is 0 Å². The van der Waals surface area contributed by atoms with E-state index in [1.165, 1.54) is 4.90 Å². The summed E-state index contributed by atoms with van der Waals surface area (Å²) in [6.45, 7) is 2.69. The maximum absolute atomic E-state index is 12.7. The van der Waals surface area contributed by atoms with Crippen molar-refractivity contribution in [1.82, 2.24) is 10.2 Å². The lowest BCUT2D eigenvalue weighted by molar-refractivity contribution is -0.136. The van der Waals surface area contributed by atoms with Crippen LogP contribution in [0.2, 0.25) is 0 Å². The Morgan fingerprint density at radius 1 is 1.27 bits per heavy atom. The van der Waals surface area contributed by atoms with Crippen molar-refractivity contribution in [2.45, 2.75) is 45.1 Å². The Morgan fingerprint density at radius 2 is 2.00 bits per heavy atom. The van der Waals surface area contributed by atoms with Crippen molar-refractivity contribution in [2.24, 2.45) is 0 Å². The van der Waals surface area contributed by atoms with Gasteiger partial charge >= 0.3 is 0 Å². The number of carbonyl (C=O) groups excluding carboxylic acids is 4. The summed E-state index contributed by atoms with van der Waals surface area (Å²) in [5, 5.41) is 2.28. The molecule has 1 aromatic rings. The highest BCUT2D eigenvalue weighted by atomic mass is 16.5. The lowest BCUT2D eigenvalue weighted by Gasteiger charge is -2.32. The van der Waals surface area contributed by atoms with Crippen molar-refractivity contribution >= 4 is 24.0 Å². The Morgan fingerprint density at radius 3 is 2.62 bits per heavy atom. The van der Waals surface area contributed by atoms with E-state index in [2.05, 4.69) is 5.32 Å². The topological polar surface area (TPSA) is 92.8 Å². The summed E-state index contributed by atoms with van der Waals surface area (Å²) in [6, 6.07) is 6.13. The number of nitrogens with one attached hydrogen (secondary N) is 1. The molecule has 1 fully saturated rings. The standard InChI is InChI=1S/C19H24N2O5/c1-2-21(16-10-11-17(23)20-18(16)24)19(25)14-6-8-15(9-7-14)26-13-5-3-4-12-22/h6-9,12,16H,2-5,10-11,13H2,1H3,(H,20,23,24). The largest absolute Gasteiger partial charge is 0.494 e. The summed E-state index contributed by atoms with van der Waals surface area (Å²) in [5.74, 6) is -0.327. The molecule has 1 unspecified atom stereocenters. The van der Waals surface area contributed by atoms with Gasteiger partial charge in [0.1, 0.15) is 18.1 Å². The number of hydrogen-bond acceptors (Lipinski definition) is 5. The van der Waals surface area contributed by atoms with Gasteiger partial charge in [-0.05, 0) is 50.5 Å². The van der Waals surface area contributed by atoms with Gasteiger partial charge in [-0.15, -0.1) is 0 Å². The van der Waals surface area contributed by atoms with Crippen LogP contribution in [0.4, 0.5) is 0 Å². The van der Waals surface area contributed by atoms with Gasteiger partial charge in [0.15, 0.2) is 0 Å². The number of piperidine rings is 1. The predicted octanol–water partition coefficient (Wildman–Crippen LogP) is 1.70. The average molecular weight is 360 g/mol. The molecule has 0 aromatic heterocycles. The highest BCUT2D eigenvalue weighted by Gasteiger charge is 2.33. The van der Waals surface area contributed by atoms with Crippen molar-refractivity contribution in [1.29, 1.82) is 0 Å². The van der Waals surface area contributed by atoms with Gasteiger partial charge in [-0.2, -0.15) is 0 Å². The second-order valence-electron chi connectivity index (χ2n) is 6.09. The van der Waals surface area contributed by atoms with E-state index in [-0.39, 0.29) is 18.2 Å². The van der Waals surface area contributed by atoms with E-state index in [0.29, 0.717) is 37.3 Å². The van der Waals surface area contributed by atoms with Gasteiger partial charge in [0, 0.05) is 24.9 Å². The normalized spacial score (nSPS) is 16.7. The van der Waals surface area contributed by atoms with Crippen LogP contribution in [-0.2, 0) is 14.4 Å². The first-order valence-corrected chi connectivity index (χ1v) is 8.88. The molecule has 0 aliphatic carbocycles. The number of imide groups is 1. The molecular weight excluding hydrogens is 336 g/mol. The van der Waals surface area contributed by atoms with Crippen LogP contribution in [-0.4, -0.2) is 48.1 Å². The van der Waals surface area contributed by atoms with Crippen LogP contribution in [0.3, 0.4) is 0 Å². The highest BCUT2D eigenvalue weighted by Crippen LogP contribution is 2.18. The van der Waals surface area contributed by atoms with E-state index in [1.54, 1.807) is 31.2 Å². The first-order valence-electron chi connectivity index (χ1n) is 8.88. The smallest absolute Gasteiger partial charge is 0.254 e. The quantitative estimate of drug-likeness (QED) is 0.411. The van der Waals surface area contributed by atoms with E-state index < -0.39 is 11.9 Å². The zero-order valence-corrected chi connectivity index (χ0v) is 14.9. The molecule has 1 aliphatic heterocycles. The Labute approximate surface area is 152 Å². The Kier molecular flexibility index (Phi) is 7.32. The van der Waals surface area contributed by atoms with Gasteiger partial charge in [0.25, 0.3) is 5.91 Å². The molecule has 7 heteroatoms. The molecule has 1 atom stereocenters. The minimum absolute atomic E-state index is 0.233. The number of benzene rings is 1. The van der Waals surface area contributed by atoms with Crippen LogP contribution in [0, 0.1) is 0 Å². The Hall–Kier alpha value is -2.70. The minimum atomic E-state index is -0.626. The van der Waals surface area contributed by atoms with Gasteiger partial charge in [-0.1, -0.05) is 0 Å². The molecule has 1 saturated heterocycles. The number of unbranched alkanes of at least 4 members (excludes halogenated alkanes) is 2. The molecule has 7 nitrogen and oxygen atoms in total. The van der Waals surface area contributed by atoms with Crippen LogP contribution in [0.5, 0.6) is 5.75 Å². The molecule has 0 spiro atoms. The minimum Gasteiger partial charge on any atom is -0.494 e. The molecule has 1 heterocycles. The molecule has 26 heavy (non-hydrogen) atoms. The van der Waals surface area contributed by atoms with E-state index in [1.807, 2.05) is 0 Å². The van der Waals surface area contributed by atoms with E-state index in [0.717, 1.165) is 19.1 Å². The summed E-state index contributed by atoms with van der Waals surface area (Å²) in [7, 11) is 0. The Bertz CT molecular complexity index is 656. The zero-order valence-electron chi connectivity index (χ0n) is 14.9. The van der Waals surface area contributed by atoms with Gasteiger partial charge in [0.05, 0.1) is 6.61 Å². The van der Waals surface area contributed by atoms with Crippen LogP contribution in [0.25, 0.3) is 0 Å². The number of nitrogens with zero attached hydrogens (tertiary/aromatic N) is 1. The number of amides is 3. The molecule has 1 aliphatic rings. The number of ether oxygens (including phenoxy) is 1. The number of aldehydes is 1. The molecule has 0 bridgehead atoms. The molecular formula is C19H24N2O5. The molecule has 0 saturated carbocycles. The van der Waals surface area contributed by atoms with Gasteiger partial charge in [0.2, 0.25) is 11.8 Å². The summed E-state index contributed by atoms with van der Waals surface area (Å²) in [4.78, 5) is 47.8. The lowest BCUT2D eigenvalue weighted by Crippen LogP contribution is -2.54. The molecule has 140 valence electrons. The average Bonchev–Trinajstić information content (AvgIpc) is 2.64. The van der Waals surface area contributed by atoms with Crippen molar-refractivity contribution in [2.75, 3.05) is 13.2 Å². The van der Waals surface area contributed by atoms with Gasteiger partial charge in [-0.3, -0.25) is 19.7 Å². The first kappa shape index (κ1) is 19.6. The van der Waals surface area contributed by atoms with Crippen LogP contribution in [0.15, 0.2) is 24.3 Å². The monoisotopic (exact) mass is 360 g/mol. The third-order valence-electron chi connectivity index (χ3n) is 4.27. The number of carbonyl (C=O) groups is 4. The van der Waals surface area contributed by atoms with Crippen molar-refractivity contribution < 1.29 is 23.9 Å². The summed E-state index contributed by atoms with van der Waals surface area (Å²) in [6.07, 6.45) is 3.58. The van der Waals surface area contributed by atoms with Crippen LogP contribution >= 0.6 is 0 Å². The molecule has 3 amide bonds. The fourth-order valence-corrected chi connectivity index (χ4v) is 2.86. The third-order valence-corrected chi connectivity index (χ3v) is 4.27. The fraction of sp³-hybridized carbons (Fsp3) is 0.474. The summed E-state index contributed by atoms with van der Waals surface area (Å²) in [5.41, 5.74) is 0.463. The first-order chi connectivity index (χ1) is 12.6. The van der Waals surface area contributed by atoms with Gasteiger partial charge < -0.3 is 14.4 Å². The SMILES string of the molecule is CCN(C(=O)c1ccc(OCCCCC=O)cc1)C1CCC(=O)NC1=O. The second kappa shape index (κ2) is 9.70. The third kappa shape index (κ3) is 5.15. The van der Waals surface area contributed by atoms with Crippen LogP contribution < -0.4 is 10.1 Å². The fourth-order valence-electron chi connectivity index (χ4n) is 2.86. The predicted molar refractivity (Wildman–Crippen MR) is 94.7 cm³/mol. The maximum Gasteiger partial charge on any atom is 0.254 e. The van der Waals surface area contributed by atoms with Crippen LogP contribution in [0.1, 0.15) is 49.4 Å². The lowest BCUT2D eigenvalue weighted by atomic mass is 10.0. The molecule has 1 N–H and O–H groups in total. The van der Waals surface area contributed by atoms with E-state index in [4.69, 9.17) is 4.74 Å². The number of hydrogen-bond donors (Lipinski definition) is 1. The molecule has 0 radical (unpaired) electrons. The van der Waals surface area contributed by atoms with Crippen molar-refractivity contribution in [3.8, 4) is 5.75 Å². The second-order valence-corrected chi connectivity index (χ2v) is 6.09. The van der Waals surface area contributed by atoms with Crippen molar-refractivity contribution in [3.63, 3.8) is 0 Å². The van der Waals surface area contributed by atoms with Crippen molar-refractivity contribution in [3.05, 3.63) is 29.8 Å². The summed E-state index contributed by atoms with van der Waals surface area (Å²) < 4.78 is 5.58. The van der Waals surface area contributed by atoms with E-state index >= 15 is 0 Å². The molecule has 2 rings (SSSR count). The highest BCUT2D eigenvalue weighted by molar-refractivity contribution is 6.03. The number of rotatable bonds is 9. The summed E-state index contributed by atoms with van der Waals surface area (Å²) >= 11 is 0. The maximum atomic E-state index is 12.7.